The fraction of sp³-hybridized carbons (Fsp3) is 0.294. The van der Waals surface area contributed by atoms with E-state index in [1.807, 2.05) is 50.2 Å². The zero-order chi connectivity index (χ0) is 15.4. The average molecular weight is 306 g/mol. The molecule has 0 heterocycles. The van der Waals surface area contributed by atoms with Gasteiger partial charge in [-0.2, -0.15) is 0 Å². The molecule has 0 aromatic heterocycles. The summed E-state index contributed by atoms with van der Waals surface area (Å²) in [6, 6.07) is 13.0. The zero-order valence-corrected chi connectivity index (χ0v) is 13.2. The molecule has 2 N–H and O–H groups in total. The Morgan fingerprint density at radius 2 is 1.86 bits per heavy atom. The topological polar surface area (TPSA) is 44.5 Å². The van der Waals surface area contributed by atoms with Gasteiger partial charge in [-0.25, -0.2) is 0 Å². The molecule has 0 fully saturated rings. The molecule has 0 saturated carbocycles. The number of nitrogens with two attached hydrogens (primary N) is 1. The number of methoxy groups -OCH3 is 1. The van der Waals surface area contributed by atoms with E-state index in [0.717, 1.165) is 16.9 Å². The molecule has 0 bridgehead atoms. The van der Waals surface area contributed by atoms with Crippen molar-refractivity contribution in [3.63, 3.8) is 0 Å². The van der Waals surface area contributed by atoms with Crippen molar-refractivity contribution in [3.8, 4) is 11.5 Å². The third kappa shape index (κ3) is 3.90. The number of ether oxygens (including phenoxy) is 2. The van der Waals surface area contributed by atoms with E-state index in [9.17, 15) is 0 Å². The molecule has 0 aliphatic heterocycles. The van der Waals surface area contributed by atoms with E-state index in [1.54, 1.807) is 13.2 Å². The second-order valence-electron chi connectivity index (χ2n) is 5.10. The van der Waals surface area contributed by atoms with Crippen molar-refractivity contribution < 1.29 is 9.47 Å². The van der Waals surface area contributed by atoms with Crippen LogP contribution in [0.3, 0.4) is 0 Å². The molecule has 3 nitrogen and oxygen atoms in total. The summed E-state index contributed by atoms with van der Waals surface area (Å²) in [6.45, 7) is 3.99. The molecule has 0 amide bonds. The van der Waals surface area contributed by atoms with Gasteiger partial charge in [0.25, 0.3) is 0 Å². The lowest BCUT2D eigenvalue weighted by Gasteiger charge is -2.18. The summed E-state index contributed by atoms with van der Waals surface area (Å²) in [5.41, 5.74) is 8.22. The van der Waals surface area contributed by atoms with Gasteiger partial charge in [-0.15, -0.1) is 0 Å². The van der Waals surface area contributed by atoms with Gasteiger partial charge < -0.3 is 15.2 Å². The summed E-state index contributed by atoms with van der Waals surface area (Å²) >= 11 is 5.99. The van der Waals surface area contributed by atoms with Crippen LogP contribution in [0.5, 0.6) is 11.5 Å². The van der Waals surface area contributed by atoms with Crippen LogP contribution >= 0.6 is 11.6 Å². The SMILES string of the molecule is COc1cc(Cl)ccc1C(N)c1cccc(OC(C)C)c1. The number of hydrogen-bond donors (Lipinski definition) is 1. The Morgan fingerprint density at radius 1 is 1.10 bits per heavy atom. The second kappa shape index (κ2) is 6.83. The summed E-state index contributed by atoms with van der Waals surface area (Å²) in [5.74, 6) is 1.50. The summed E-state index contributed by atoms with van der Waals surface area (Å²) in [7, 11) is 1.61. The number of rotatable bonds is 5. The van der Waals surface area contributed by atoms with Gasteiger partial charge in [0.05, 0.1) is 19.3 Å². The normalized spacial score (nSPS) is 12.3. The molecule has 112 valence electrons. The molecule has 0 radical (unpaired) electrons. The summed E-state index contributed by atoms with van der Waals surface area (Å²) < 4.78 is 11.1. The minimum Gasteiger partial charge on any atom is -0.496 e. The van der Waals surface area contributed by atoms with Crippen LogP contribution in [-0.4, -0.2) is 13.2 Å². The monoisotopic (exact) mass is 305 g/mol. The van der Waals surface area contributed by atoms with Gasteiger partial charge in [0, 0.05) is 10.6 Å². The highest BCUT2D eigenvalue weighted by molar-refractivity contribution is 6.30. The van der Waals surface area contributed by atoms with Crippen molar-refractivity contribution in [2.24, 2.45) is 5.73 Å². The van der Waals surface area contributed by atoms with Crippen LogP contribution in [-0.2, 0) is 0 Å². The molecular weight excluding hydrogens is 286 g/mol. The van der Waals surface area contributed by atoms with Gasteiger partial charge in [0.2, 0.25) is 0 Å². The molecule has 4 heteroatoms. The molecule has 0 aliphatic rings. The maximum Gasteiger partial charge on any atom is 0.125 e. The Hall–Kier alpha value is -1.71. The van der Waals surface area contributed by atoms with Gasteiger partial charge in [0.15, 0.2) is 0 Å². The third-order valence-corrected chi connectivity index (χ3v) is 3.35. The van der Waals surface area contributed by atoms with E-state index in [-0.39, 0.29) is 12.1 Å². The lowest BCUT2D eigenvalue weighted by atomic mass is 9.98. The first-order valence-electron chi connectivity index (χ1n) is 6.87. The minimum atomic E-state index is -0.298. The predicted octanol–water partition coefficient (Wildman–Crippen LogP) is 4.18. The highest BCUT2D eigenvalue weighted by Gasteiger charge is 2.15. The van der Waals surface area contributed by atoms with Crippen molar-refractivity contribution in [2.45, 2.75) is 26.0 Å². The minimum absolute atomic E-state index is 0.126. The Kier molecular flexibility index (Phi) is 5.10. The van der Waals surface area contributed by atoms with Gasteiger partial charge in [-0.1, -0.05) is 29.8 Å². The van der Waals surface area contributed by atoms with Gasteiger partial charge in [-0.05, 0) is 43.7 Å². The molecule has 2 aromatic carbocycles. The van der Waals surface area contributed by atoms with Crippen LogP contribution < -0.4 is 15.2 Å². The van der Waals surface area contributed by atoms with Crippen LogP contribution in [0.1, 0.15) is 31.0 Å². The zero-order valence-electron chi connectivity index (χ0n) is 12.5. The number of hydrogen-bond acceptors (Lipinski definition) is 3. The summed E-state index contributed by atoms with van der Waals surface area (Å²) in [5, 5.41) is 0.625. The van der Waals surface area contributed by atoms with Crippen LogP contribution in [0.15, 0.2) is 42.5 Å². The summed E-state index contributed by atoms with van der Waals surface area (Å²) in [6.07, 6.45) is 0.126. The molecule has 21 heavy (non-hydrogen) atoms. The van der Waals surface area contributed by atoms with Crippen molar-refractivity contribution in [1.82, 2.24) is 0 Å². The van der Waals surface area contributed by atoms with Crippen molar-refractivity contribution in [1.29, 1.82) is 0 Å². The Morgan fingerprint density at radius 3 is 2.52 bits per heavy atom. The van der Waals surface area contributed by atoms with Crippen LogP contribution in [0.25, 0.3) is 0 Å². The predicted molar refractivity (Wildman–Crippen MR) is 86.2 cm³/mol. The Labute approximate surface area is 130 Å². The largest absolute Gasteiger partial charge is 0.496 e. The third-order valence-electron chi connectivity index (χ3n) is 3.12. The molecule has 1 unspecified atom stereocenters. The smallest absolute Gasteiger partial charge is 0.125 e. The van der Waals surface area contributed by atoms with E-state index < -0.39 is 0 Å². The first-order valence-corrected chi connectivity index (χ1v) is 7.24. The fourth-order valence-corrected chi connectivity index (χ4v) is 2.34. The van der Waals surface area contributed by atoms with Crippen molar-refractivity contribution in [2.75, 3.05) is 7.11 Å². The Bertz CT molecular complexity index is 613. The van der Waals surface area contributed by atoms with E-state index in [2.05, 4.69) is 0 Å². The first-order chi connectivity index (χ1) is 10.0. The lowest BCUT2D eigenvalue weighted by Crippen LogP contribution is -2.13. The maximum absolute atomic E-state index is 6.36. The van der Waals surface area contributed by atoms with Crippen molar-refractivity contribution >= 4 is 11.6 Å². The number of benzene rings is 2. The first kappa shape index (κ1) is 15.7. The van der Waals surface area contributed by atoms with E-state index >= 15 is 0 Å². The highest BCUT2D eigenvalue weighted by Crippen LogP contribution is 2.32. The van der Waals surface area contributed by atoms with E-state index in [0.29, 0.717) is 10.8 Å². The standard InChI is InChI=1S/C17H20ClNO2/c1-11(2)21-14-6-4-5-12(9-14)17(19)15-8-7-13(18)10-16(15)20-3/h4-11,17H,19H2,1-3H3. The van der Waals surface area contributed by atoms with E-state index in [4.69, 9.17) is 26.8 Å². The van der Waals surface area contributed by atoms with Gasteiger partial charge in [0.1, 0.15) is 11.5 Å². The Balaban J connectivity index is 2.33. The fourth-order valence-electron chi connectivity index (χ4n) is 2.17. The maximum atomic E-state index is 6.36. The second-order valence-corrected chi connectivity index (χ2v) is 5.54. The van der Waals surface area contributed by atoms with Gasteiger partial charge >= 0.3 is 0 Å². The number of halogens is 1. The molecular formula is C17H20ClNO2. The van der Waals surface area contributed by atoms with E-state index in [1.165, 1.54) is 0 Å². The molecule has 2 aromatic rings. The quantitative estimate of drug-likeness (QED) is 0.901. The molecule has 1 atom stereocenters. The highest BCUT2D eigenvalue weighted by atomic mass is 35.5. The van der Waals surface area contributed by atoms with Gasteiger partial charge in [-0.3, -0.25) is 0 Å². The molecule has 0 aliphatic carbocycles. The van der Waals surface area contributed by atoms with Crippen LogP contribution in [0.2, 0.25) is 5.02 Å². The molecule has 0 saturated heterocycles. The molecule has 2 rings (SSSR count). The van der Waals surface area contributed by atoms with Crippen molar-refractivity contribution in [3.05, 3.63) is 58.6 Å². The summed E-state index contributed by atoms with van der Waals surface area (Å²) in [4.78, 5) is 0. The van der Waals surface area contributed by atoms with Crippen LogP contribution in [0.4, 0.5) is 0 Å². The lowest BCUT2D eigenvalue weighted by molar-refractivity contribution is 0.242. The molecule has 0 spiro atoms. The average Bonchev–Trinajstić information content (AvgIpc) is 2.46. The van der Waals surface area contributed by atoms with Crippen LogP contribution in [0, 0.1) is 0 Å².